The molecule has 236 valence electrons. The summed E-state index contributed by atoms with van der Waals surface area (Å²) in [5.74, 6) is 0.547. The molecule has 11 heteroatoms. The Labute approximate surface area is 259 Å². The quantitative estimate of drug-likeness (QED) is 0.348. The van der Waals surface area contributed by atoms with E-state index in [1.54, 1.807) is 15.3 Å². The molecule has 11 nitrogen and oxygen atoms in total. The van der Waals surface area contributed by atoms with E-state index in [1.165, 1.54) is 32.1 Å². The molecule has 3 fully saturated rings. The summed E-state index contributed by atoms with van der Waals surface area (Å²) < 4.78 is 9.21. The summed E-state index contributed by atoms with van der Waals surface area (Å²) >= 11 is 0. The summed E-state index contributed by atoms with van der Waals surface area (Å²) in [6.07, 6.45) is 14.7. The van der Waals surface area contributed by atoms with Crippen LogP contribution in [-0.4, -0.2) is 79.9 Å². The van der Waals surface area contributed by atoms with E-state index in [1.807, 2.05) is 63.4 Å². The Balaban J connectivity index is 1.15. The van der Waals surface area contributed by atoms with E-state index in [-0.39, 0.29) is 23.9 Å². The van der Waals surface area contributed by atoms with Gasteiger partial charge in [-0.15, -0.1) is 5.10 Å². The van der Waals surface area contributed by atoms with E-state index < -0.39 is 5.60 Å². The summed E-state index contributed by atoms with van der Waals surface area (Å²) in [5.41, 5.74) is 2.97. The van der Waals surface area contributed by atoms with E-state index in [4.69, 9.17) is 4.74 Å². The third-order valence-corrected chi connectivity index (χ3v) is 9.23. The minimum atomic E-state index is -0.538. The number of rotatable bonds is 8. The Kier molecular flexibility index (Phi) is 8.64. The van der Waals surface area contributed by atoms with Gasteiger partial charge in [0.15, 0.2) is 0 Å². The van der Waals surface area contributed by atoms with Gasteiger partial charge in [-0.1, -0.05) is 11.6 Å². The Morgan fingerprint density at radius 1 is 1.02 bits per heavy atom. The van der Waals surface area contributed by atoms with Crippen molar-refractivity contribution in [3.63, 3.8) is 0 Å². The third-order valence-electron chi connectivity index (χ3n) is 9.23. The van der Waals surface area contributed by atoms with Crippen LogP contribution in [0.15, 0.2) is 47.8 Å². The number of piperidine rings is 1. The lowest BCUT2D eigenvalue weighted by Gasteiger charge is -2.43. The maximum atomic E-state index is 13.4. The normalized spacial score (nSPS) is 20.0. The van der Waals surface area contributed by atoms with E-state index in [2.05, 4.69) is 31.2 Å². The molecule has 1 unspecified atom stereocenters. The second kappa shape index (κ2) is 12.6. The van der Waals surface area contributed by atoms with Gasteiger partial charge in [0.25, 0.3) is 5.56 Å². The standard InChI is InChI=1S/C33H46N8O3/c1-24(41-23-30(35-36-41)26-17-29(20-34-19-26)37-13-5-6-14-37)39-16-12-27(18-31(39)42)38-15-8-11-28(22-38)40(21-25-9-7-10-25)32(43)44-33(2,3)4/h12,16-20,23-25,28H,5-11,13-15,21-22H2,1-4H3/t24?,28-/m1/s1. The van der Waals surface area contributed by atoms with Crippen LogP contribution in [0.4, 0.5) is 16.2 Å². The topological polar surface area (TPSA) is 102 Å². The van der Waals surface area contributed by atoms with Gasteiger partial charge < -0.3 is 19.4 Å². The van der Waals surface area contributed by atoms with Gasteiger partial charge in [0.1, 0.15) is 17.5 Å². The summed E-state index contributed by atoms with van der Waals surface area (Å²) in [6.45, 7) is 12.1. The minimum absolute atomic E-state index is 0.0487. The van der Waals surface area contributed by atoms with Gasteiger partial charge >= 0.3 is 6.09 Å². The molecular formula is C33H46N8O3. The van der Waals surface area contributed by atoms with E-state index in [0.29, 0.717) is 12.5 Å². The second-order valence-corrected chi connectivity index (χ2v) is 13.6. The molecule has 0 spiro atoms. The first-order valence-electron chi connectivity index (χ1n) is 16.2. The highest BCUT2D eigenvalue weighted by Gasteiger charge is 2.34. The van der Waals surface area contributed by atoms with E-state index in [0.717, 1.165) is 61.7 Å². The first kappa shape index (κ1) is 30.1. The Hall–Kier alpha value is -3.89. The number of carbonyl (C=O) groups excluding carboxylic acids is 1. The van der Waals surface area contributed by atoms with Gasteiger partial charge in [0.05, 0.1) is 24.1 Å². The highest BCUT2D eigenvalue weighted by molar-refractivity contribution is 5.69. The van der Waals surface area contributed by atoms with Gasteiger partial charge in [0.2, 0.25) is 0 Å². The first-order chi connectivity index (χ1) is 21.1. The molecule has 0 bridgehead atoms. The van der Waals surface area contributed by atoms with E-state index in [9.17, 15) is 9.59 Å². The largest absolute Gasteiger partial charge is 0.444 e. The third kappa shape index (κ3) is 6.76. The highest BCUT2D eigenvalue weighted by atomic mass is 16.6. The Morgan fingerprint density at radius 3 is 2.50 bits per heavy atom. The van der Waals surface area contributed by atoms with Gasteiger partial charge in [0, 0.05) is 62.4 Å². The zero-order valence-corrected chi connectivity index (χ0v) is 26.6. The van der Waals surface area contributed by atoms with Crippen molar-refractivity contribution in [3.8, 4) is 11.3 Å². The minimum Gasteiger partial charge on any atom is -0.444 e. The molecule has 1 amide bonds. The van der Waals surface area contributed by atoms with Crippen LogP contribution in [-0.2, 0) is 4.74 Å². The first-order valence-corrected chi connectivity index (χ1v) is 16.2. The van der Waals surface area contributed by atoms with Gasteiger partial charge in [-0.2, -0.15) is 0 Å². The van der Waals surface area contributed by atoms with Crippen LogP contribution in [0.2, 0.25) is 0 Å². The molecule has 44 heavy (non-hydrogen) atoms. The zero-order chi connectivity index (χ0) is 30.8. The molecule has 1 aliphatic carbocycles. The number of carbonyl (C=O) groups is 1. The van der Waals surface area contributed by atoms with Crippen molar-refractivity contribution < 1.29 is 9.53 Å². The van der Waals surface area contributed by atoms with E-state index >= 15 is 0 Å². The number of pyridine rings is 2. The van der Waals surface area contributed by atoms with Crippen LogP contribution >= 0.6 is 0 Å². The smallest absolute Gasteiger partial charge is 0.410 e. The predicted molar refractivity (Wildman–Crippen MR) is 171 cm³/mol. The second-order valence-electron chi connectivity index (χ2n) is 13.6. The Morgan fingerprint density at radius 2 is 1.80 bits per heavy atom. The number of amides is 1. The number of anilines is 2. The molecule has 1 saturated carbocycles. The maximum Gasteiger partial charge on any atom is 0.410 e. The van der Waals surface area contributed by atoms with Crippen LogP contribution < -0.4 is 15.4 Å². The molecule has 2 atom stereocenters. The SMILES string of the molecule is CC(n1cc(-c2cncc(N3CCCC3)c2)nn1)n1ccc(N2CCC[C@@H](N(CC3CCC3)C(=O)OC(C)(C)C)C2)cc1=O. The maximum absolute atomic E-state index is 13.4. The average molecular weight is 603 g/mol. The van der Waals surface area contributed by atoms with Crippen molar-refractivity contribution in [1.29, 1.82) is 0 Å². The van der Waals surface area contributed by atoms with Crippen molar-refractivity contribution in [2.75, 3.05) is 42.5 Å². The molecule has 3 aliphatic rings. The average Bonchev–Trinajstić information content (AvgIpc) is 3.69. The van der Waals surface area contributed by atoms with Crippen molar-refractivity contribution in [2.45, 2.75) is 90.4 Å². The summed E-state index contributed by atoms with van der Waals surface area (Å²) in [5, 5.41) is 8.76. The molecule has 0 radical (unpaired) electrons. The summed E-state index contributed by atoms with van der Waals surface area (Å²) in [7, 11) is 0. The van der Waals surface area contributed by atoms with Gasteiger partial charge in [-0.05, 0) is 84.3 Å². The monoisotopic (exact) mass is 602 g/mol. The molecule has 0 N–H and O–H groups in total. The van der Waals surface area contributed by atoms with Gasteiger partial charge in [-0.3, -0.25) is 14.3 Å². The van der Waals surface area contributed by atoms with Crippen LogP contribution in [0.25, 0.3) is 11.3 Å². The fourth-order valence-electron chi connectivity index (χ4n) is 6.51. The fourth-order valence-corrected chi connectivity index (χ4v) is 6.51. The summed E-state index contributed by atoms with van der Waals surface area (Å²) in [4.78, 5) is 37.7. The van der Waals surface area contributed by atoms with Crippen LogP contribution in [0.1, 0.15) is 78.8 Å². The van der Waals surface area contributed by atoms with Crippen LogP contribution in [0, 0.1) is 5.92 Å². The van der Waals surface area contributed by atoms with Crippen molar-refractivity contribution in [1.82, 2.24) is 29.4 Å². The predicted octanol–water partition coefficient (Wildman–Crippen LogP) is 5.17. The van der Waals surface area contributed by atoms with Crippen molar-refractivity contribution in [2.24, 2.45) is 5.92 Å². The molecule has 0 aromatic carbocycles. The summed E-state index contributed by atoms with van der Waals surface area (Å²) in [6, 6.07) is 5.85. The molecule has 6 rings (SSSR count). The number of aromatic nitrogens is 5. The van der Waals surface area contributed by atoms with Crippen LogP contribution in [0.5, 0.6) is 0 Å². The molecule has 2 aliphatic heterocycles. The van der Waals surface area contributed by atoms with Crippen molar-refractivity contribution in [3.05, 3.63) is 53.3 Å². The molecule has 3 aromatic rings. The van der Waals surface area contributed by atoms with Gasteiger partial charge in [-0.25, -0.2) is 9.48 Å². The lowest BCUT2D eigenvalue weighted by molar-refractivity contribution is 0.00736. The van der Waals surface area contributed by atoms with Crippen LogP contribution in [0.3, 0.4) is 0 Å². The lowest BCUT2D eigenvalue weighted by atomic mass is 9.84. The molecule has 5 heterocycles. The van der Waals surface area contributed by atoms with Crippen molar-refractivity contribution >= 4 is 17.5 Å². The molecular weight excluding hydrogens is 556 g/mol. The Bertz CT molecular complexity index is 1500. The highest BCUT2D eigenvalue weighted by Crippen LogP contribution is 2.31. The number of ether oxygens (including phenoxy) is 1. The molecule has 2 saturated heterocycles. The number of hydrogen-bond acceptors (Lipinski definition) is 8. The fraction of sp³-hybridized carbons (Fsp3) is 0.606. The zero-order valence-electron chi connectivity index (χ0n) is 26.6. The molecule has 3 aromatic heterocycles. The number of hydrogen-bond donors (Lipinski definition) is 0. The number of nitrogens with zero attached hydrogens (tertiary/aromatic N) is 8. The lowest BCUT2D eigenvalue weighted by Crippen LogP contribution is -2.53.